The summed E-state index contributed by atoms with van der Waals surface area (Å²) in [4.78, 5) is 18.3. The van der Waals surface area contributed by atoms with Crippen molar-refractivity contribution in [2.24, 2.45) is 0 Å². The predicted molar refractivity (Wildman–Crippen MR) is 94.4 cm³/mol. The first-order chi connectivity index (χ1) is 11.6. The fourth-order valence-electron chi connectivity index (χ4n) is 3.66. The van der Waals surface area contributed by atoms with E-state index in [2.05, 4.69) is 18.8 Å². The molecule has 1 aliphatic heterocycles. The number of nitrogens with one attached hydrogen (secondary N) is 1. The zero-order valence-corrected chi connectivity index (χ0v) is 14.7. The summed E-state index contributed by atoms with van der Waals surface area (Å²) in [5.74, 6) is 0.974. The molecule has 1 N–H and O–H groups in total. The van der Waals surface area contributed by atoms with Crippen molar-refractivity contribution in [1.82, 2.24) is 9.88 Å². The summed E-state index contributed by atoms with van der Waals surface area (Å²) in [5, 5.41) is 1.00. The number of amides is 1. The number of rotatable bonds is 5. The van der Waals surface area contributed by atoms with Gasteiger partial charge in [0.25, 0.3) is 0 Å². The van der Waals surface area contributed by atoms with Gasteiger partial charge in [0.2, 0.25) is 5.91 Å². The van der Waals surface area contributed by atoms with Gasteiger partial charge in [0.15, 0.2) is 0 Å². The Morgan fingerprint density at radius 2 is 2.12 bits per heavy atom. The largest absolute Gasteiger partial charge is 0.496 e. The number of benzene rings is 1. The number of H-pyrrole nitrogens is 1. The smallest absolute Gasteiger partial charge is 0.227 e. The number of methoxy groups -OCH3 is 1. The van der Waals surface area contributed by atoms with Gasteiger partial charge in [-0.1, -0.05) is 6.07 Å². The minimum atomic E-state index is 0.170. The van der Waals surface area contributed by atoms with Crippen LogP contribution in [-0.4, -0.2) is 48.2 Å². The average Bonchev–Trinajstić information content (AvgIpc) is 2.98. The highest BCUT2D eigenvalue weighted by Crippen LogP contribution is 2.29. The first-order valence-corrected chi connectivity index (χ1v) is 8.63. The fourth-order valence-corrected chi connectivity index (χ4v) is 3.66. The highest BCUT2D eigenvalue weighted by atomic mass is 16.5. The van der Waals surface area contributed by atoms with Crippen molar-refractivity contribution in [2.45, 2.75) is 45.2 Å². The van der Waals surface area contributed by atoms with Gasteiger partial charge in [-0.2, -0.15) is 0 Å². The Kier molecular flexibility index (Phi) is 5.09. The van der Waals surface area contributed by atoms with Gasteiger partial charge < -0.3 is 19.4 Å². The summed E-state index contributed by atoms with van der Waals surface area (Å²) in [6.07, 6.45) is 4.14. The van der Waals surface area contributed by atoms with E-state index in [-0.39, 0.29) is 18.0 Å². The van der Waals surface area contributed by atoms with Gasteiger partial charge >= 0.3 is 0 Å². The summed E-state index contributed by atoms with van der Waals surface area (Å²) >= 11 is 0. The Morgan fingerprint density at radius 1 is 1.38 bits per heavy atom. The third-order valence-electron chi connectivity index (χ3n) is 4.74. The van der Waals surface area contributed by atoms with Crippen LogP contribution < -0.4 is 4.74 Å². The Balaban J connectivity index is 1.85. The van der Waals surface area contributed by atoms with Crippen LogP contribution in [0.4, 0.5) is 0 Å². The summed E-state index contributed by atoms with van der Waals surface area (Å²) in [6, 6.07) is 6.35. The number of aromatic amines is 1. The number of hydrogen-bond donors (Lipinski definition) is 1. The number of aromatic nitrogens is 1. The lowest BCUT2D eigenvalue weighted by atomic mass is 10.0. The van der Waals surface area contributed by atoms with Crippen LogP contribution in [0.25, 0.3) is 10.9 Å². The van der Waals surface area contributed by atoms with Crippen LogP contribution in [0.2, 0.25) is 0 Å². The van der Waals surface area contributed by atoms with Crippen molar-refractivity contribution in [2.75, 3.05) is 20.3 Å². The lowest BCUT2D eigenvalue weighted by Crippen LogP contribution is -2.47. The van der Waals surface area contributed by atoms with Gasteiger partial charge in [-0.15, -0.1) is 0 Å². The first-order valence-electron chi connectivity index (χ1n) is 8.63. The molecule has 1 amide bonds. The maximum atomic E-state index is 13.0. The Labute approximate surface area is 142 Å². The number of carbonyl (C=O) groups excluding carboxylic acids is 1. The molecule has 0 spiro atoms. The van der Waals surface area contributed by atoms with Gasteiger partial charge in [0.05, 0.1) is 13.5 Å². The quantitative estimate of drug-likeness (QED) is 0.916. The molecule has 0 radical (unpaired) electrons. The van der Waals surface area contributed by atoms with Crippen molar-refractivity contribution in [3.05, 3.63) is 30.0 Å². The van der Waals surface area contributed by atoms with E-state index in [1.54, 1.807) is 7.11 Å². The zero-order chi connectivity index (χ0) is 17.1. The predicted octanol–water partition coefficient (Wildman–Crippen LogP) is 3.14. The van der Waals surface area contributed by atoms with Crippen LogP contribution in [0, 0.1) is 0 Å². The van der Waals surface area contributed by atoms with Crippen LogP contribution in [-0.2, 0) is 16.0 Å². The minimum absolute atomic E-state index is 0.170. The molecule has 5 nitrogen and oxygen atoms in total. The van der Waals surface area contributed by atoms with Crippen LogP contribution in [0.3, 0.4) is 0 Å². The van der Waals surface area contributed by atoms with E-state index in [9.17, 15) is 4.79 Å². The van der Waals surface area contributed by atoms with Gasteiger partial charge in [0.1, 0.15) is 5.75 Å². The lowest BCUT2D eigenvalue weighted by molar-refractivity contribution is -0.136. The molecule has 1 fully saturated rings. The number of nitrogens with zero attached hydrogens (tertiary/aromatic N) is 1. The molecular weight excluding hydrogens is 304 g/mol. The Bertz CT molecular complexity index is 702. The summed E-state index contributed by atoms with van der Waals surface area (Å²) in [7, 11) is 1.66. The van der Waals surface area contributed by atoms with E-state index in [1.807, 2.05) is 29.3 Å². The molecule has 1 saturated heterocycles. The maximum Gasteiger partial charge on any atom is 0.227 e. The summed E-state index contributed by atoms with van der Waals surface area (Å²) in [6.45, 7) is 5.65. The molecule has 0 atom stereocenters. The molecule has 0 unspecified atom stereocenters. The van der Waals surface area contributed by atoms with Gasteiger partial charge in [0, 0.05) is 42.4 Å². The molecule has 0 bridgehead atoms. The fraction of sp³-hybridized carbons (Fsp3) is 0.526. The maximum absolute atomic E-state index is 13.0. The highest BCUT2D eigenvalue weighted by molar-refractivity contribution is 5.93. The zero-order valence-electron chi connectivity index (χ0n) is 14.7. The second-order valence-corrected chi connectivity index (χ2v) is 6.61. The molecule has 1 aliphatic rings. The van der Waals surface area contributed by atoms with Crippen molar-refractivity contribution in [3.63, 3.8) is 0 Å². The topological polar surface area (TPSA) is 54.6 Å². The van der Waals surface area contributed by atoms with E-state index in [4.69, 9.17) is 9.47 Å². The van der Waals surface area contributed by atoms with E-state index in [0.29, 0.717) is 6.42 Å². The molecule has 0 aliphatic carbocycles. The lowest BCUT2D eigenvalue weighted by Gasteiger charge is -2.37. The molecule has 2 aromatic rings. The van der Waals surface area contributed by atoms with E-state index < -0.39 is 0 Å². The van der Waals surface area contributed by atoms with Crippen LogP contribution >= 0.6 is 0 Å². The molecule has 24 heavy (non-hydrogen) atoms. The van der Waals surface area contributed by atoms with Crippen LogP contribution in [0.15, 0.2) is 24.4 Å². The van der Waals surface area contributed by atoms with Gasteiger partial charge in [-0.3, -0.25) is 4.79 Å². The molecule has 1 aromatic carbocycles. The van der Waals surface area contributed by atoms with Crippen LogP contribution in [0.1, 0.15) is 32.3 Å². The number of ether oxygens (including phenoxy) is 2. The van der Waals surface area contributed by atoms with Crippen molar-refractivity contribution in [1.29, 1.82) is 0 Å². The van der Waals surface area contributed by atoms with Gasteiger partial charge in [-0.25, -0.2) is 0 Å². The molecule has 3 rings (SSSR count). The third kappa shape index (κ3) is 3.26. The monoisotopic (exact) mass is 330 g/mol. The van der Waals surface area contributed by atoms with E-state index in [1.165, 1.54) is 0 Å². The number of carbonyl (C=O) groups is 1. The standard InChI is InChI=1S/C19H26N2O3/c1-13(2)21(15-7-9-24-10-8-15)18(22)11-14-12-20-16-5-4-6-17(23-3)19(14)16/h4-6,12-13,15,20H,7-11H2,1-3H3. The van der Waals surface area contributed by atoms with E-state index >= 15 is 0 Å². The third-order valence-corrected chi connectivity index (χ3v) is 4.74. The van der Waals surface area contributed by atoms with E-state index in [0.717, 1.165) is 48.3 Å². The summed E-state index contributed by atoms with van der Waals surface area (Å²) < 4.78 is 10.9. The molecule has 130 valence electrons. The molecule has 2 heterocycles. The molecule has 5 heteroatoms. The minimum Gasteiger partial charge on any atom is -0.496 e. The number of hydrogen-bond acceptors (Lipinski definition) is 3. The molecule has 0 saturated carbocycles. The van der Waals surface area contributed by atoms with Crippen LogP contribution in [0.5, 0.6) is 5.75 Å². The average molecular weight is 330 g/mol. The number of fused-ring (bicyclic) bond motifs is 1. The summed E-state index contributed by atoms with van der Waals surface area (Å²) in [5.41, 5.74) is 1.99. The first kappa shape index (κ1) is 16.8. The highest BCUT2D eigenvalue weighted by Gasteiger charge is 2.28. The van der Waals surface area contributed by atoms with Crippen molar-refractivity contribution >= 4 is 16.8 Å². The Hall–Kier alpha value is -2.01. The SMILES string of the molecule is COc1cccc2[nH]cc(CC(=O)N(C(C)C)C3CCOCC3)c12. The normalized spacial score (nSPS) is 15.8. The molecular formula is C19H26N2O3. The second kappa shape index (κ2) is 7.26. The van der Waals surface area contributed by atoms with Crippen molar-refractivity contribution < 1.29 is 14.3 Å². The van der Waals surface area contributed by atoms with Gasteiger partial charge in [-0.05, 0) is 44.4 Å². The Morgan fingerprint density at radius 3 is 2.79 bits per heavy atom. The molecule has 1 aromatic heterocycles. The van der Waals surface area contributed by atoms with Crippen molar-refractivity contribution in [3.8, 4) is 5.75 Å². The second-order valence-electron chi connectivity index (χ2n) is 6.61.